The number of methoxy groups -OCH3 is 1. The van der Waals surface area contributed by atoms with Crippen molar-refractivity contribution >= 4 is 22.6 Å². The molecule has 2 nitrogen and oxygen atoms in total. The van der Waals surface area contributed by atoms with Crippen LogP contribution < -0.4 is 5.59 Å². The highest BCUT2D eigenvalue weighted by Crippen LogP contribution is 2.60. The Morgan fingerprint density at radius 1 is 0.852 bits per heavy atom. The van der Waals surface area contributed by atoms with Crippen molar-refractivity contribution in [1.29, 1.82) is 0 Å². The van der Waals surface area contributed by atoms with Crippen LogP contribution in [0.2, 0.25) is 17.5 Å². The van der Waals surface area contributed by atoms with Gasteiger partial charge < -0.3 is 9.30 Å². The zero-order valence-corrected chi connectivity index (χ0v) is 17.0. The molecule has 2 saturated heterocycles. The molecule has 3 fully saturated rings. The summed E-state index contributed by atoms with van der Waals surface area (Å²) in [5.41, 5.74) is 3.08. The molecule has 3 heteroatoms. The molecule has 2 bridgehead atoms. The van der Waals surface area contributed by atoms with Gasteiger partial charge in [0.25, 0.3) is 0 Å². The van der Waals surface area contributed by atoms with E-state index >= 15 is 0 Å². The molecule has 27 heavy (non-hydrogen) atoms. The highest BCUT2D eigenvalue weighted by Gasteiger charge is 2.50. The van der Waals surface area contributed by atoms with Crippen LogP contribution in [0.25, 0.3) is 10.9 Å². The molecule has 3 heterocycles. The molecule has 1 saturated carbocycles. The maximum Gasteiger partial charge on any atom is 0.119 e. The standard InChI is InChI=1S/C24H35BNO/c1-27-18-26-23-16-6-5-9-19(23)17-24(26)25(20-10-3-2-4-11-20)21-12-7-13-22(25)15-8-14-21/h5-6,9,16-17,20-22H,2-4,7-8,10-15,18H2,1H3/q-1. The lowest BCUT2D eigenvalue weighted by Gasteiger charge is -2.64. The highest BCUT2D eigenvalue weighted by atomic mass is 16.5. The van der Waals surface area contributed by atoms with Gasteiger partial charge in [-0.1, -0.05) is 94.9 Å². The zero-order valence-electron chi connectivity index (χ0n) is 17.0. The van der Waals surface area contributed by atoms with Crippen LogP contribution in [0.4, 0.5) is 0 Å². The molecule has 146 valence electrons. The second-order valence-electron chi connectivity index (χ2n) is 9.83. The number of hydrogen-bond acceptors (Lipinski definition) is 1. The Morgan fingerprint density at radius 3 is 2.07 bits per heavy atom. The summed E-state index contributed by atoms with van der Waals surface area (Å²) >= 11 is 0. The highest BCUT2D eigenvalue weighted by molar-refractivity contribution is 6.95. The first-order chi connectivity index (χ1) is 13.4. The molecule has 0 amide bonds. The van der Waals surface area contributed by atoms with E-state index in [0.717, 1.165) is 17.5 Å². The second kappa shape index (κ2) is 7.31. The summed E-state index contributed by atoms with van der Waals surface area (Å²) in [5.74, 6) is 2.83. The van der Waals surface area contributed by atoms with E-state index in [1.165, 1.54) is 81.5 Å². The Kier molecular flexibility index (Phi) is 4.84. The maximum absolute atomic E-state index is 5.75. The molecule has 2 aliphatic heterocycles. The van der Waals surface area contributed by atoms with Crippen molar-refractivity contribution in [3.05, 3.63) is 30.3 Å². The molecule has 0 atom stereocenters. The van der Waals surface area contributed by atoms with Crippen molar-refractivity contribution in [2.45, 2.75) is 94.8 Å². The third kappa shape index (κ3) is 2.72. The van der Waals surface area contributed by atoms with Crippen LogP contribution in [0.1, 0.15) is 70.6 Å². The lowest BCUT2D eigenvalue weighted by Crippen LogP contribution is -2.64. The second-order valence-corrected chi connectivity index (χ2v) is 9.83. The van der Waals surface area contributed by atoms with E-state index < -0.39 is 6.15 Å². The minimum Gasteiger partial charge on any atom is -0.364 e. The number of aromatic nitrogens is 1. The maximum atomic E-state index is 5.75. The van der Waals surface area contributed by atoms with E-state index in [1.807, 2.05) is 7.11 Å². The summed E-state index contributed by atoms with van der Waals surface area (Å²) in [4.78, 5) is 0. The fraction of sp³-hybridized carbons (Fsp3) is 0.667. The smallest absolute Gasteiger partial charge is 0.119 e. The van der Waals surface area contributed by atoms with Gasteiger partial charge in [0.05, 0.1) is 6.15 Å². The average molecular weight is 364 g/mol. The molecular weight excluding hydrogens is 329 g/mol. The van der Waals surface area contributed by atoms with Gasteiger partial charge in [0, 0.05) is 12.6 Å². The van der Waals surface area contributed by atoms with Crippen molar-refractivity contribution < 1.29 is 4.74 Å². The van der Waals surface area contributed by atoms with Gasteiger partial charge >= 0.3 is 0 Å². The third-order valence-electron chi connectivity index (χ3n) is 8.90. The normalized spacial score (nSPS) is 32.0. The van der Waals surface area contributed by atoms with Gasteiger partial charge in [-0.25, -0.2) is 0 Å². The summed E-state index contributed by atoms with van der Waals surface area (Å²) in [7, 11) is 1.86. The van der Waals surface area contributed by atoms with E-state index in [4.69, 9.17) is 4.74 Å². The van der Waals surface area contributed by atoms with Gasteiger partial charge in [-0.05, 0) is 11.5 Å². The molecular formula is C24H35BNO-. The Balaban J connectivity index is 1.74. The van der Waals surface area contributed by atoms with Crippen LogP contribution in [-0.4, -0.2) is 17.8 Å². The van der Waals surface area contributed by atoms with Crippen LogP contribution in [0.15, 0.2) is 30.3 Å². The number of nitrogens with zero attached hydrogens (tertiary/aromatic N) is 1. The first-order valence-corrected chi connectivity index (χ1v) is 11.6. The number of rotatable bonds is 4. The fourth-order valence-corrected chi connectivity index (χ4v) is 8.16. The molecule has 3 aliphatic rings. The minimum atomic E-state index is -0.495. The molecule has 5 rings (SSSR count). The van der Waals surface area contributed by atoms with Crippen molar-refractivity contribution in [1.82, 2.24) is 4.57 Å². The lowest BCUT2D eigenvalue weighted by molar-refractivity contribution is 0.136. The first-order valence-electron chi connectivity index (χ1n) is 11.6. The average Bonchev–Trinajstić information content (AvgIpc) is 3.07. The summed E-state index contributed by atoms with van der Waals surface area (Å²) in [6.45, 7) is 0.707. The van der Waals surface area contributed by atoms with E-state index in [9.17, 15) is 0 Å². The molecule has 0 N–H and O–H groups in total. The number of hydrogen-bond donors (Lipinski definition) is 0. The molecule has 0 spiro atoms. The van der Waals surface area contributed by atoms with Crippen LogP contribution in [0.3, 0.4) is 0 Å². The molecule has 1 aliphatic carbocycles. The predicted molar refractivity (Wildman–Crippen MR) is 116 cm³/mol. The Morgan fingerprint density at radius 2 is 1.44 bits per heavy atom. The van der Waals surface area contributed by atoms with Gasteiger partial charge in [0.1, 0.15) is 6.73 Å². The Hall–Kier alpha value is -1.22. The molecule has 1 aromatic heterocycles. The van der Waals surface area contributed by atoms with E-state index in [-0.39, 0.29) is 0 Å². The van der Waals surface area contributed by atoms with E-state index in [2.05, 4.69) is 34.9 Å². The summed E-state index contributed by atoms with van der Waals surface area (Å²) in [6.07, 6.45) is 15.7. The first kappa shape index (κ1) is 17.9. The van der Waals surface area contributed by atoms with E-state index in [0.29, 0.717) is 6.73 Å². The van der Waals surface area contributed by atoms with Gasteiger partial charge in [-0.15, -0.1) is 5.59 Å². The topological polar surface area (TPSA) is 14.2 Å². The number of fused-ring (bicyclic) bond motifs is 3. The van der Waals surface area contributed by atoms with Gasteiger partial charge in [0.2, 0.25) is 0 Å². The third-order valence-corrected chi connectivity index (χ3v) is 8.90. The van der Waals surface area contributed by atoms with E-state index in [1.54, 1.807) is 5.59 Å². The molecule has 2 aromatic rings. The summed E-state index contributed by atoms with van der Waals surface area (Å²) < 4.78 is 8.34. The van der Waals surface area contributed by atoms with Crippen LogP contribution in [0.5, 0.6) is 0 Å². The van der Waals surface area contributed by atoms with Gasteiger partial charge in [-0.2, -0.15) is 17.5 Å². The molecule has 0 radical (unpaired) electrons. The summed E-state index contributed by atoms with van der Waals surface area (Å²) in [5, 5.41) is 1.42. The predicted octanol–water partition coefficient (Wildman–Crippen LogP) is 6.34. The van der Waals surface area contributed by atoms with Crippen molar-refractivity contribution in [3.8, 4) is 0 Å². The molecule has 1 aromatic carbocycles. The Labute approximate surface area is 164 Å². The minimum absolute atomic E-state index is 0.495. The van der Waals surface area contributed by atoms with Gasteiger partial charge in [0.15, 0.2) is 0 Å². The van der Waals surface area contributed by atoms with Crippen LogP contribution in [-0.2, 0) is 11.5 Å². The van der Waals surface area contributed by atoms with Crippen molar-refractivity contribution in [2.24, 2.45) is 0 Å². The zero-order chi connectivity index (χ0) is 18.3. The number of ether oxygens (including phenoxy) is 1. The largest absolute Gasteiger partial charge is 0.364 e. The SMILES string of the molecule is COCn1c([B-]2(C3CCCCC3)C3CCCC2CCC3)cc2ccccc21. The number of benzene rings is 1. The molecule has 0 unspecified atom stereocenters. The van der Waals surface area contributed by atoms with Crippen LogP contribution in [0, 0.1) is 0 Å². The fourth-order valence-electron chi connectivity index (χ4n) is 8.16. The monoisotopic (exact) mass is 364 g/mol. The van der Waals surface area contributed by atoms with Crippen molar-refractivity contribution in [3.63, 3.8) is 0 Å². The Bertz CT molecular complexity index is 769. The lowest BCUT2D eigenvalue weighted by atomic mass is 9.03. The van der Waals surface area contributed by atoms with Crippen molar-refractivity contribution in [2.75, 3.05) is 7.11 Å². The summed E-state index contributed by atoms with van der Waals surface area (Å²) in [6, 6.07) is 11.6. The van der Waals surface area contributed by atoms with Crippen LogP contribution >= 0.6 is 0 Å². The van der Waals surface area contributed by atoms with Gasteiger partial charge in [-0.3, -0.25) is 0 Å². The quantitative estimate of drug-likeness (QED) is 0.577. The number of para-hydroxylation sites is 1.